The van der Waals surface area contributed by atoms with Crippen LogP contribution in [0.2, 0.25) is 0 Å². The molecule has 4 nitrogen and oxygen atoms in total. The molecule has 2 rings (SSSR count). The van der Waals surface area contributed by atoms with Crippen molar-refractivity contribution in [3.63, 3.8) is 0 Å². The number of hydrogen-bond acceptors (Lipinski definition) is 3. The van der Waals surface area contributed by atoms with Crippen molar-refractivity contribution < 1.29 is 9.53 Å². The predicted octanol–water partition coefficient (Wildman–Crippen LogP) is 2.36. The second kappa shape index (κ2) is 4.65. The highest BCUT2D eigenvalue weighted by Gasteiger charge is 2.10. The number of halogens is 1. The molecule has 0 radical (unpaired) electrons. The summed E-state index contributed by atoms with van der Waals surface area (Å²) in [5.74, 6) is -0.275. The van der Waals surface area contributed by atoms with E-state index in [0.29, 0.717) is 6.61 Å². The normalized spacial score (nSPS) is 10.6. The summed E-state index contributed by atoms with van der Waals surface area (Å²) in [6, 6.07) is 5.81. The Morgan fingerprint density at radius 1 is 1.56 bits per heavy atom. The smallest absolute Gasteiger partial charge is 0.327 e. The van der Waals surface area contributed by atoms with Gasteiger partial charge in [-0.05, 0) is 28.9 Å². The van der Waals surface area contributed by atoms with Gasteiger partial charge in [0, 0.05) is 9.86 Å². The molecule has 0 bridgehead atoms. The first-order valence-corrected chi connectivity index (χ1v) is 5.77. The molecule has 0 amide bonds. The number of fused-ring (bicyclic) bond motifs is 1. The molecule has 2 aromatic rings. The number of nitrogens with zero attached hydrogens (tertiary/aromatic N) is 2. The fourth-order valence-corrected chi connectivity index (χ4v) is 2.13. The molecule has 0 saturated carbocycles. The van der Waals surface area contributed by atoms with Gasteiger partial charge in [-0.1, -0.05) is 12.1 Å². The second-order valence-electron chi connectivity index (χ2n) is 3.28. The van der Waals surface area contributed by atoms with Crippen LogP contribution in [-0.4, -0.2) is 22.4 Å². The molecule has 0 spiro atoms. The van der Waals surface area contributed by atoms with Gasteiger partial charge in [0.25, 0.3) is 0 Å². The fraction of sp³-hybridized carbons (Fsp3) is 0.273. The second-order valence-corrected chi connectivity index (χ2v) is 4.14. The molecule has 0 aliphatic rings. The molecule has 1 aromatic carbocycles. The Bertz CT molecular complexity index is 522. The first-order chi connectivity index (χ1) is 7.72. The lowest BCUT2D eigenvalue weighted by Gasteiger charge is -2.04. The van der Waals surface area contributed by atoms with Gasteiger partial charge in [-0.3, -0.25) is 9.48 Å². The topological polar surface area (TPSA) is 44.1 Å². The summed E-state index contributed by atoms with van der Waals surface area (Å²) in [6.45, 7) is 2.31. The van der Waals surface area contributed by atoms with Crippen molar-refractivity contribution in [2.45, 2.75) is 13.5 Å². The summed E-state index contributed by atoms with van der Waals surface area (Å²) in [4.78, 5) is 11.4. The van der Waals surface area contributed by atoms with E-state index < -0.39 is 0 Å². The van der Waals surface area contributed by atoms with Crippen LogP contribution in [0.5, 0.6) is 0 Å². The highest BCUT2D eigenvalue weighted by molar-refractivity contribution is 9.10. The maximum Gasteiger partial charge on any atom is 0.327 e. The number of carbonyl (C=O) groups excluding carboxylic acids is 1. The predicted molar refractivity (Wildman–Crippen MR) is 64.1 cm³/mol. The molecular formula is C11H11BrN2O2. The van der Waals surface area contributed by atoms with Crippen LogP contribution < -0.4 is 0 Å². The van der Waals surface area contributed by atoms with Gasteiger partial charge in [0.15, 0.2) is 0 Å². The Hall–Kier alpha value is -1.36. The standard InChI is InChI=1S/C11H11BrN2O2/c1-2-16-10(15)7-14-11-8(6-13-14)4-3-5-9(11)12/h3-6H,2,7H2,1H3. The Morgan fingerprint density at radius 2 is 2.38 bits per heavy atom. The zero-order valence-corrected chi connectivity index (χ0v) is 10.4. The average molecular weight is 283 g/mol. The molecule has 0 unspecified atom stereocenters. The number of rotatable bonds is 3. The quantitative estimate of drug-likeness (QED) is 0.812. The third-order valence-electron chi connectivity index (χ3n) is 2.20. The van der Waals surface area contributed by atoms with E-state index >= 15 is 0 Å². The minimum Gasteiger partial charge on any atom is -0.465 e. The van der Waals surface area contributed by atoms with Crippen LogP contribution in [0.15, 0.2) is 28.9 Å². The van der Waals surface area contributed by atoms with Crippen LogP contribution in [0, 0.1) is 0 Å². The monoisotopic (exact) mass is 282 g/mol. The highest BCUT2D eigenvalue weighted by atomic mass is 79.9. The van der Waals surface area contributed by atoms with E-state index in [2.05, 4.69) is 21.0 Å². The molecule has 1 aromatic heterocycles. The minimum atomic E-state index is -0.275. The maximum absolute atomic E-state index is 11.4. The van der Waals surface area contributed by atoms with Crippen LogP contribution >= 0.6 is 15.9 Å². The largest absolute Gasteiger partial charge is 0.465 e. The van der Waals surface area contributed by atoms with Crippen molar-refractivity contribution in [2.24, 2.45) is 0 Å². The molecular weight excluding hydrogens is 272 g/mol. The van der Waals surface area contributed by atoms with Crippen molar-refractivity contribution in [1.29, 1.82) is 0 Å². The van der Waals surface area contributed by atoms with Gasteiger partial charge >= 0.3 is 5.97 Å². The van der Waals surface area contributed by atoms with E-state index in [1.807, 2.05) is 18.2 Å². The van der Waals surface area contributed by atoms with E-state index in [1.165, 1.54) is 0 Å². The zero-order valence-electron chi connectivity index (χ0n) is 8.81. The molecule has 1 heterocycles. The molecule has 0 aliphatic heterocycles. The summed E-state index contributed by atoms with van der Waals surface area (Å²) in [5, 5.41) is 5.16. The highest BCUT2D eigenvalue weighted by Crippen LogP contribution is 2.23. The van der Waals surface area contributed by atoms with Gasteiger partial charge < -0.3 is 4.74 Å². The van der Waals surface area contributed by atoms with Crippen molar-refractivity contribution in [3.8, 4) is 0 Å². The summed E-state index contributed by atoms with van der Waals surface area (Å²) < 4.78 is 7.45. The third-order valence-corrected chi connectivity index (χ3v) is 2.84. The molecule has 0 N–H and O–H groups in total. The Balaban J connectivity index is 2.34. The van der Waals surface area contributed by atoms with E-state index in [9.17, 15) is 4.79 Å². The van der Waals surface area contributed by atoms with E-state index in [4.69, 9.17) is 4.74 Å². The van der Waals surface area contributed by atoms with Gasteiger partial charge in [0.05, 0.1) is 18.3 Å². The van der Waals surface area contributed by atoms with Crippen molar-refractivity contribution >= 4 is 32.8 Å². The maximum atomic E-state index is 11.4. The number of benzene rings is 1. The number of ether oxygens (including phenoxy) is 1. The van der Waals surface area contributed by atoms with Crippen LogP contribution in [0.4, 0.5) is 0 Å². The Labute approximate surface area is 101 Å². The summed E-state index contributed by atoms with van der Waals surface area (Å²) in [6.07, 6.45) is 1.74. The molecule has 0 fully saturated rings. The SMILES string of the molecule is CCOC(=O)Cn1ncc2cccc(Br)c21. The number of aromatic nitrogens is 2. The van der Waals surface area contributed by atoms with Crippen LogP contribution in [0.1, 0.15) is 6.92 Å². The summed E-state index contributed by atoms with van der Waals surface area (Å²) >= 11 is 3.44. The molecule has 0 aliphatic carbocycles. The van der Waals surface area contributed by atoms with Gasteiger partial charge in [-0.25, -0.2) is 0 Å². The van der Waals surface area contributed by atoms with Crippen molar-refractivity contribution in [3.05, 3.63) is 28.9 Å². The average Bonchev–Trinajstić information content (AvgIpc) is 2.63. The Kier molecular flexibility index (Phi) is 3.24. The first-order valence-electron chi connectivity index (χ1n) is 4.98. The third kappa shape index (κ3) is 2.09. The fourth-order valence-electron chi connectivity index (χ4n) is 1.55. The lowest BCUT2D eigenvalue weighted by molar-refractivity contribution is -0.143. The molecule has 84 valence electrons. The lowest BCUT2D eigenvalue weighted by Crippen LogP contribution is -2.14. The number of para-hydroxylation sites is 1. The van der Waals surface area contributed by atoms with Crippen LogP contribution in [0.3, 0.4) is 0 Å². The van der Waals surface area contributed by atoms with Crippen molar-refractivity contribution in [2.75, 3.05) is 6.61 Å². The number of carbonyl (C=O) groups is 1. The van der Waals surface area contributed by atoms with E-state index in [1.54, 1.807) is 17.8 Å². The first kappa shape index (κ1) is 11.1. The molecule has 0 saturated heterocycles. The minimum absolute atomic E-state index is 0.139. The van der Waals surface area contributed by atoms with Gasteiger partial charge in [0.1, 0.15) is 6.54 Å². The molecule has 0 atom stereocenters. The number of hydrogen-bond donors (Lipinski definition) is 0. The summed E-state index contributed by atoms with van der Waals surface area (Å²) in [7, 11) is 0. The van der Waals surface area contributed by atoms with E-state index in [0.717, 1.165) is 15.4 Å². The molecule has 5 heteroatoms. The van der Waals surface area contributed by atoms with Gasteiger partial charge in [-0.15, -0.1) is 0 Å². The lowest BCUT2D eigenvalue weighted by atomic mass is 10.2. The summed E-state index contributed by atoms with van der Waals surface area (Å²) in [5.41, 5.74) is 0.913. The Morgan fingerprint density at radius 3 is 3.12 bits per heavy atom. The van der Waals surface area contributed by atoms with Crippen molar-refractivity contribution in [1.82, 2.24) is 9.78 Å². The number of esters is 1. The zero-order chi connectivity index (χ0) is 11.5. The van der Waals surface area contributed by atoms with Gasteiger partial charge in [0.2, 0.25) is 0 Å². The van der Waals surface area contributed by atoms with Crippen LogP contribution in [-0.2, 0) is 16.1 Å². The van der Waals surface area contributed by atoms with E-state index in [-0.39, 0.29) is 12.5 Å². The van der Waals surface area contributed by atoms with Crippen LogP contribution in [0.25, 0.3) is 10.9 Å². The molecule has 16 heavy (non-hydrogen) atoms. The van der Waals surface area contributed by atoms with Gasteiger partial charge in [-0.2, -0.15) is 5.10 Å².